The molecule has 0 aromatic heterocycles. The minimum Gasteiger partial charge on any atom is -0.489 e. The van der Waals surface area contributed by atoms with Gasteiger partial charge in [0.15, 0.2) is 0 Å². The van der Waals surface area contributed by atoms with Crippen LogP contribution >= 0.6 is 0 Å². The number of anilines is 1. The lowest BCUT2D eigenvalue weighted by molar-refractivity contribution is -0.116. The zero-order valence-electron chi connectivity index (χ0n) is 13.1. The first-order chi connectivity index (χ1) is 10.1. The van der Waals surface area contributed by atoms with Gasteiger partial charge in [-0.3, -0.25) is 4.79 Å². The molecular weight excluding hydrogens is 268 g/mol. The monoisotopic (exact) mass is 294 g/mol. The summed E-state index contributed by atoms with van der Waals surface area (Å²) >= 11 is 0. The van der Waals surface area contributed by atoms with Gasteiger partial charge in [0.1, 0.15) is 5.75 Å². The molecule has 0 aliphatic rings. The lowest BCUT2D eigenvalue weighted by Gasteiger charge is -2.14. The van der Waals surface area contributed by atoms with E-state index >= 15 is 0 Å². The lowest BCUT2D eigenvalue weighted by Crippen LogP contribution is -2.23. The number of benzene rings is 1. The van der Waals surface area contributed by atoms with Gasteiger partial charge in [0, 0.05) is 26.7 Å². The van der Waals surface area contributed by atoms with E-state index in [0.29, 0.717) is 18.7 Å². The van der Waals surface area contributed by atoms with E-state index in [1.54, 1.807) is 7.11 Å². The van der Waals surface area contributed by atoms with Crippen molar-refractivity contribution in [3.05, 3.63) is 24.3 Å². The van der Waals surface area contributed by atoms with Crippen LogP contribution in [0.3, 0.4) is 0 Å². The number of carbonyl (C=O) groups is 1. The molecule has 5 heteroatoms. The second-order valence-corrected chi connectivity index (χ2v) is 5.06. The predicted octanol–water partition coefficient (Wildman–Crippen LogP) is 2.43. The summed E-state index contributed by atoms with van der Waals surface area (Å²) in [6.07, 6.45) is 1.46. The van der Waals surface area contributed by atoms with Gasteiger partial charge in [0.25, 0.3) is 0 Å². The highest BCUT2D eigenvalue weighted by atomic mass is 16.5. The lowest BCUT2D eigenvalue weighted by atomic mass is 10.2. The van der Waals surface area contributed by atoms with Gasteiger partial charge in [-0.15, -0.1) is 0 Å². The highest BCUT2D eigenvalue weighted by Crippen LogP contribution is 2.24. The van der Waals surface area contributed by atoms with E-state index in [2.05, 4.69) is 10.6 Å². The maximum atomic E-state index is 11.9. The second-order valence-electron chi connectivity index (χ2n) is 5.06. The van der Waals surface area contributed by atoms with E-state index in [-0.39, 0.29) is 12.0 Å². The third-order valence-electron chi connectivity index (χ3n) is 2.75. The zero-order valence-corrected chi connectivity index (χ0v) is 13.1. The summed E-state index contributed by atoms with van der Waals surface area (Å²) in [7, 11) is 1.68. The van der Waals surface area contributed by atoms with E-state index in [0.717, 1.165) is 25.3 Å². The summed E-state index contributed by atoms with van der Waals surface area (Å²) in [6, 6.07) is 7.48. The van der Waals surface area contributed by atoms with E-state index in [4.69, 9.17) is 9.47 Å². The number of hydrogen-bond acceptors (Lipinski definition) is 4. The maximum Gasteiger partial charge on any atom is 0.225 e. The van der Waals surface area contributed by atoms with Crippen molar-refractivity contribution in [2.75, 3.05) is 32.1 Å². The Balaban J connectivity index is 2.34. The predicted molar refractivity (Wildman–Crippen MR) is 84.8 cm³/mol. The fourth-order valence-corrected chi connectivity index (χ4v) is 1.81. The number of ether oxygens (including phenoxy) is 2. The number of nitrogens with one attached hydrogen (secondary N) is 2. The summed E-state index contributed by atoms with van der Waals surface area (Å²) in [5.74, 6) is 0.683. The van der Waals surface area contributed by atoms with E-state index in [1.165, 1.54) is 0 Å². The number of rotatable bonds is 10. The SMILES string of the molecule is COCCCNCCC(=O)Nc1ccccc1OC(C)C. The molecule has 0 atom stereocenters. The van der Waals surface area contributed by atoms with Crippen molar-refractivity contribution < 1.29 is 14.3 Å². The third kappa shape index (κ3) is 7.68. The van der Waals surface area contributed by atoms with Gasteiger partial charge in [-0.05, 0) is 38.9 Å². The number of hydrogen-bond donors (Lipinski definition) is 2. The summed E-state index contributed by atoms with van der Waals surface area (Å²) in [6.45, 7) is 6.17. The molecule has 5 nitrogen and oxygen atoms in total. The van der Waals surface area contributed by atoms with Gasteiger partial charge in [-0.25, -0.2) is 0 Å². The van der Waals surface area contributed by atoms with Gasteiger partial charge < -0.3 is 20.1 Å². The summed E-state index contributed by atoms with van der Waals surface area (Å²) in [5.41, 5.74) is 0.718. The fourth-order valence-electron chi connectivity index (χ4n) is 1.81. The highest BCUT2D eigenvalue weighted by molar-refractivity contribution is 5.92. The molecule has 0 saturated carbocycles. The van der Waals surface area contributed by atoms with Crippen molar-refractivity contribution in [1.82, 2.24) is 5.32 Å². The van der Waals surface area contributed by atoms with Crippen molar-refractivity contribution in [3.63, 3.8) is 0 Å². The molecule has 0 bridgehead atoms. The molecule has 1 amide bonds. The smallest absolute Gasteiger partial charge is 0.225 e. The highest BCUT2D eigenvalue weighted by Gasteiger charge is 2.08. The molecule has 0 unspecified atom stereocenters. The average Bonchev–Trinajstić information content (AvgIpc) is 2.44. The van der Waals surface area contributed by atoms with Crippen LogP contribution in [0.5, 0.6) is 5.75 Å². The maximum absolute atomic E-state index is 11.9. The van der Waals surface area contributed by atoms with Crippen LogP contribution in [-0.4, -0.2) is 38.8 Å². The molecule has 1 aromatic carbocycles. The molecule has 0 saturated heterocycles. The first kappa shape index (κ1) is 17.5. The number of para-hydroxylation sites is 2. The molecule has 118 valence electrons. The van der Waals surface area contributed by atoms with E-state index in [9.17, 15) is 4.79 Å². The standard InChI is InChI=1S/C16H26N2O3/c1-13(2)21-15-8-5-4-7-14(15)18-16(19)9-11-17-10-6-12-20-3/h4-5,7-8,13,17H,6,9-12H2,1-3H3,(H,18,19). The quantitative estimate of drug-likeness (QED) is 0.651. The van der Waals surface area contributed by atoms with E-state index in [1.807, 2.05) is 38.1 Å². The van der Waals surface area contributed by atoms with Crippen LogP contribution in [0.4, 0.5) is 5.69 Å². The molecule has 0 aliphatic carbocycles. The Morgan fingerprint density at radius 3 is 2.71 bits per heavy atom. The van der Waals surface area contributed by atoms with Crippen LogP contribution in [0, 0.1) is 0 Å². The Bertz CT molecular complexity index is 422. The van der Waals surface area contributed by atoms with Gasteiger partial charge in [0.2, 0.25) is 5.91 Å². The average molecular weight is 294 g/mol. The van der Waals surface area contributed by atoms with Crippen LogP contribution in [0.1, 0.15) is 26.7 Å². The minimum absolute atomic E-state index is 0.0194. The molecule has 21 heavy (non-hydrogen) atoms. The molecule has 0 radical (unpaired) electrons. The molecule has 2 N–H and O–H groups in total. The van der Waals surface area contributed by atoms with Gasteiger partial charge in [-0.2, -0.15) is 0 Å². The van der Waals surface area contributed by atoms with Crippen molar-refractivity contribution in [2.45, 2.75) is 32.8 Å². The zero-order chi connectivity index (χ0) is 15.5. The van der Waals surface area contributed by atoms with E-state index < -0.39 is 0 Å². The van der Waals surface area contributed by atoms with Crippen LogP contribution in [-0.2, 0) is 9.53 Å². The number of carbonyl (C=O) groups excluding carboxylic acids is 1. The normalized spacial score (nSPS) is 10.7. The Morgan fingerprint density at radius 1 is 1.24 bits per heavy atom. The van der Waals surface area contributed by atoms with Crippen molar-refractivity contribution >= 4 is 11.6 Å². The summed E-state index contributed by atoms with van der Waals surface area (Å²) in [5, 5.41) is 6.10. The second kappa shape index (κ2) is 10.2. The fraction of sp³-hybridized carbons (Fsp3) is 0.562. The number of methoxy groups -OCH3 is 1. The number of amides is 1. The summed E-state index contributed by atoms with van der Waals surface area (Å²) < 4.78 is 10.6. The Labute approximate surface area is 127 Å². The van der Waals surface area contributed by atoms with Crippen LogP contribution < -0.4 is 15.4 Å². The molecular formula is C16H26N2O3. The van der Waals surface area contributed by atoms with Gasteiger partial charge in [-0.1, -0.05) is 12.1 Å². The molecule has 1 rings (SSSR count). The third-order valence-corrected chi connectivity index (χ3v) is 2.75. The first-order valence-electron chi connectivity index (χ1n) is 7.38. The molecule has 0 heterocycles. The molecule has 0 aliphatic heterocycles. The molecule has 1 aromatic rings. The summed E-state index contributed by atoms with van der Waals surface area (Å²) in [4.78, 5) is 11.9. The Morgan fingerprint density at radius 2 is 2.00 bits per heavy atom. The largest absolute Gasteiger partial charge is 0.489 e. The van der Waals surface area contributed by atoms with Crippen molar-refractivity contribution in [3.8, 4) is 5.75 Å². The van der Waals surface area contributed by atoms with Crippen molar-refractivity contribution in [1.29, 1.82) is 0 Å². The van der Waals surface area contributed by atoms with Crippen LogP contribution in [0.2, 0.25) is 0 Å². The van der Waals surface area contributed by atoms with Crippen LogP contribution in [0.25, 0.3) is 0 Å². The van der Waals surface area contributed by atoms with Gasteiger partial charge in [0.05, 0.1) is 11.8 Å². The Kier molecular flexibility index (Phi) is 8.47. The minimum atomic E-state index is -0.0194. The molecule has 0 fully saturated rings. The Hall–Kier alpha value is -1.59. The van der Waals surface area contributed by atoms with Crippen molar-refractivity contribution in [2.24, 2.45) is 0 Å². The first-order valence-corrected chi connectivity index (χ1v) is 7.38. The van der Waals surface area contributed by atoms with Gasteiger partial charge >= 0.3 is 0 Å². The molecule has 0 spiro atoms. The van der Waals surface area contributed by atoms with Crippen LogP contribution in [0.15, 0.2) is 24.3 Å². The topological polar surface area (TPSA) is 59.6 Å².